The predicted octanol–water partition coefficient (Wildman–Crippen LogP) is 6.23. The van der Waals surface area contributed by atoms with Gasteiger partial charge in [-0.25, -0.2) is 9.37 Å². The van der Waals surface area contributed by atoms with Gasteiger partial charge in [-0.3, -0.25) is 0 Å². The van der Waals surface area contributed by atoms with Crippen LogP contribution in [0.5, 0.6) is 0 Å². The van der Waals surface area contributed by atoms with E-state index in [0.29, 0.717) is 0 Å². The van der Waals surface area contributed by atoms with Crippen molar-refractivity contribution in [1.29, 1.82) is 0 Å². The number of aromatic nitrogens is 2. The average molecular weight is 384 g/mol. The van der Waals surface area contributed by atoms with Crippen LogP contribution in [0.4, 0.5) is 15.9 Å². The molecule has 3 nitrogen and oxygen atoms in total. The second-order valence-corrected chi connectivity index (χ2v) is 7.47. The number of para-hydroxylation sites is 1. The molecule has 0 aliphatic carbocycles. The van der Waals surface area contributed by atoms with Gasteiger partial charge >= 0.3 is 0 Å². The lowest BCUT2D eigenvalue weighted by atomic mass is 10.0. The normalized spacial score (nSPS) is 11.1. The highest BCUT2D eigenvalue weighted by molar-refractivity contribution is 7.19. The number of nitrogens with zero attached hydrogens (tertiary/aromatic N) is 3. The summed E-state index contributed by atoms with van der Waals surface area (Å²) in [7, 11) is 1.95. The van der Waals surface area contributed by atoms with Crippen molar-refractivity contribution in [3.8, 4) is 11.1 Å². The minimum atomic E-state index is -0.258. The maximum absolute atomic E-state index is 13.4. The Morgan fingerprint density at radius 2 is 1.69 bits per heavy atom. The molecule has 0 saturated heterocycles. The van der Waals surface area contributed by atoms with Crippen LogP contribution in [0.1, 0.15) is 4.88 Å². The summed E-state index contributed by atoms with van der Waals surface area (Å²) in [6, 6.07) is 16.5. The Labute approximate surface area is 159 Å². The highest BCUT2D eigenvalue weighted by Gasteiger charge is 2.21. The number of thiophene rings is 1. The number of anilines is 2. The molecule has 0 atom stereocenters. The lowest BCUT2D eigenvalue weighted by Gasteiger charge is -2.20. The van der Waals surface area contributed by atoms with Gasteiger partial charge in [0.2, 0.25) is 5.28 Å². The van der Waals surface area contributed by atoms with Crippen molar-refractivity contribution >= 4 is 44.7 Å². The molecular formula is C20H15ClFN3S. The number of aryl methyl sites for hydroxylation is 1. The molecule has 0 bridgehead atoms. The Kier molecular flexibility index (Phi) is 4.34. The summed E-state index contributed by atoms with van der Waals surface area (Å²) in [6.07, 6.45) is 0. The minimum absolute atomic E-state index is 0.210. The van der Waals surface area contributed by atoms with E-state index in [2.05, 4.69) is 9.97 Å². The van der Waals surface area contributed by atoms with E-state index in [1.165, 1.54) is 12.1 Å². The van der Waals surface area contributed by atoms with Crippen molar-refractivity contribution < 1.29 is 4.39 Å². The SMILES string of the molecule is Cc1sc2nc(Cl)nc(N(C)c3ccccc3)c2c1-c1ccc(F)cc1. The molecule has 0 aliphatic rings. The molecule has 0 spiro atoms. The van der Waals surface area contributed by atoms with Gasteiger partial charge < -0.3 is 4.90 Å². The van der Waals surface area contributed by atoms with Crippen LogP contribution in [0, 0.1) is 12.7 Å². The van der Waals surface area contributed by atoms with Crippen LogP contribution in [0.2, 0.25) is 5.28 Å². The summed E-state index contributed by atoms with van der Waals surface area (Å²) in [5, 5.41) is 1.14. The van der Waals surface area contributed by atoms with Crippen LogP contribution in [-0.2, 0) is 0 Å². The third-order valence-electron chi connectivity index (χ3n) is 4.28. The van der Waals surface area contributed by atoms with Crippen LogP contribution >= 0.6 is 22.9 Å². The number of fused-ring (bicyclic) bond motifs is 1. The molecule has 4 aromatic rings. The summed E-state index contributed by atoms with van der Waals surface area (Å²) in [5.74, 6) is 0.474. The first-order valence-electron chi connectivity index (χ1n) is 8.06. The van der Waals surface area contributed by atoms with Crippen LogP contribution < -0.4 is 4.90 Å². The Morgan fingerprint density at radius 1 is 1.00 bits per heavy atom. The van der Waals surface area contributed by atoms with Gasteiger partial charge in [0.05, 0.1) is 5.39 Å². The monoisotopic (exact) mass is 383 g/mol. The van der Waals surface area contributed by atoms with E-state index in [4.69, 9.17) is 11.6 Å². The van der Waals surface area contributed by atoms with Gasteiger partial charge in [-0.05, 0) is 48.4 Å². The van der Waals surface area contributed by atoms with Crippen molar-refractivity contribution in [3.63, 3.8) is 0 Å². The number of benzene rings is 2. The van der Waals surface area contributed by atoms with E-state index >= 15 is 0 Å². The first kappa shape index (κ1) is 16.9. The van der Waals surface area contributed by atoms with Crippen LogP contribution in [-0.4, -0.2) is 17.0 Å². The van der Waals surface area contributed by atoms with Gasteiger partial charge in [-0.15, -0.1) is 11.3 Å². The molecule has 26 heavy (non-hydrogen) atoms. The Bertz CT molecular complexity index is 1080. The number of hydrogen-bond acceptors (Lipinski definition) is 4. The van der Waals surface area contributed by atoms with Crippen molar-refractivity contribution in [1.82, 2.24) is 9.97 Å². The summed E-state index contributed by atoms with van der Waals surface area (Å²) < 4.78 is 13.4. The molecule has 0 N–H and O–H groups in total. The molecule has 0 unspecified atom stereocenters. The molecule has 4 rings (SSSR count). The summed E-state index contributed by atoms with van der Waals surface area (Å²) in [4.78, 5) is 12.8. The highest BCUT2D eigenvalue weighted by Crippen LogP contribution is 2.43. The molecule has 0 fully saturated rings. The first-order valence-corrected chi connectivity index (χ1v) is 9.25. The topological polar surface area (TPSA) is 29.0 Å². The van der Waals surface area contributed by atoms with Gasteiger partial charge in [0, 0.05) is 23.2 Å². The smallest absolute Gasteiger partial charge is 0.225 e. The second kappa shape index (κ2) is 6.67. The van der Waals surface area contributed by atoms with Crippen LogP contribution in [0.3, 0.4) is 0 Å². The van der Waals surface area contributed by atoms with Gasteiger partial charge in [0.25, 0.3) is 0 Å². The Hall–Kier alpha value is -2.50. The Balaban J connectivity index is 1.99. The van der Waals surface area contributed by atoms with E-state index in [1.807, 2.05) is 49.2 Å². The highest BCUT2D eigenvalue weighted by atomic mass is 35.5. The fraction of sp³-hybridized carbons (Fsp3) is 0.100. The lowest BCUT2D eigenvalue weighted by molar-refractivity contribution is 0.628. The third kappa shape index (κ3) is 2.93. The largest absolute Gasteiger partial charge is 0.329 e. The van der Waals surface area contributed by atoms with Crippen LogP contribution in [0.25, 0.3) is 21.3 Å². The molecule has 6 heteroatoms. The molecule has 130 valence electrons. The van der Waals surface area contributed by atoms with Gasteiger partial charge in [0.15, 0.2) is 0 Å². The average Bonchev–Trinajstić information content (AvgIpc) is 2.97. The lowest BCUT2D eigenvalue weighted by Crippen LogP contribution is -2.12. The van der Waals surface area contributed by atoms with Crippen molar-refractivity contribution in [3.05, 3.63) is 70.6 Å². The molecule has 0 saturated carbocycles. The minimum Gasteiger partial charge on any atom is -0.329 e. The van der Waals surface area contributed by atoms with E-state index < -0.39 is 0 Å². The molecule has 0 aliphatic heterocycles. The summed E-state index contributed by atoms with van der Waals surface area (Å²) >= 11 is 7.75. The van der Waals surface area contributed by atoms with Crippen molar-refractivity contribution in [2.24, 2.45) is 0 Å². The predicted molar refractivity (Wildman–Crippen MR) is 107 cm³/mol. The van der Waals surface area contributed by atoms with Crippen LogP contribution in [0.15, 0.2) is 54.6 Å². The van der Waals surface area contributed by atoms with Gasteiger partial charge in [-0.2, -0.15) is 4.98 Å². The van der Waals surface area contributed by atoms with E-state index in [9.17, 15) is 4.39 Å². The molecular weight excluding hydrogens is 369 g/mol. The zero-order valence-electron chi connectivity index (χ0n) is 14.2. The first-order chi connectivity index (χ1) is 12.5. The molecule has 2 aromatic carbocycles. The van der Waals surface area contributed by atoms with Gasteiger partial charge in [-0.1, -0.05) is 30.3 Å². The van der Waals surface area contributed by atoms with E-state index in [-0.39, 0.29) is 11.1 Å². The zero-order chi connectivity index (χ0) is 18.3. The molecule has 2 aromatic heterocycles. The zero-order valence-corrected chi connectivity index (χ0v) is 15.8. The van der Waals surface area contributed by atoms with Crippen molar-refractivity contribution in [2.75, 3.05) is 11.9 Å². The maximum atomic E-state index is 13.4. The van der Waals surface area contributed by atoms with E-state index in [1.54, 1.807) is 23.5 Å². The van der Waals surface area contributed by atoms with Gasteiger partial charge in [0.1, 0.15) is 16.5 Å². The molecule has 2 heterocycles. The quantitative estimate of drug-likeness (QED) is 0.393. The van der Waals surface area contributed by atoms with Crippen molar-refractivity contribution in [2.45, 2.75) is 6.92 Å². The number of rotatable bonds is 3. The standard InChI is InChI=1S/C20H15ClFN3S/c1-12-16(13-8-10-14(22)11-9-13)17-18(23-20(21)24-19(17)26-12)25(2)15-6-4-3-5-7-15/h3-11H,1-2H3. The molecule has 0 amide bonds. The Morgan fingerprint density at radius 3 is 2.38 bits per heavy atom. The number of hydrogen-bond donors (Lipinski definition) is 0. The third-order valence-corrected chi connectivity index (χ3v) is 5.44. The molecule has 0 radical (unpaired) electrons. The second-order valence-electron chi connectivity index (χ2n) is 5.93. The fourth-order valence-corrected chi connectivity index (χ4v) is 4.30. The maximum Gasteiger partial charge on any atom is 0.225 e. The number of halogens is 2. The summed E-state index contributed by atoms with van der Waals surface area (Å²) in [6.45, 7) is 2.03. The summed E-state index contributed by atoms with van der Waals surface area (Å²) in [5.41, 5.74) is 2.95. The fourth-order valence-electron chi connectivity index (χ4n) is 3.05. The van der Waals surface area contributed by atoms with E-state index in [0.717, 1.165) is 37.7 Å².